The Labute approximate surface area is 158 Å². The zero-order valence-electron chi connectivity index (χ0n) is 15.3. The van der Waals surface area contributed by atoms with Crippen molar-refractivity contribution in [3.8, 4) is 0 Å². The van der Waals surface area contributed by atoms with Gasteiger partial charge in [-0.25, -0.2) is 4.98 Å². The molecule has 2 aliphatic rings. The Bertz CT molecular complexity index is 956. The van der Waals surface area contributed by atoms with Crippen molar-refractivity contribution in [1.82, 2.24) is 25.0 Å². The average Bonchev–Trinajstić information content (AvgIpc) is 3.27. The average molecular weight is 361 g/mol. The number of amides is 1. The van der Waals surface area contributed by atoms with Crippen molar-refractivity contribution in [1.29, 1.82) is 0 Å². The quantitative estimate of drug-likeness (QED) is 0.760. The summed E-state index contributed by atoms with van der Waals surface area (Å²) in [6.45, 7) is 3.53. The highest BCUT2D eigenvalue weighted by Gasteiger charge is 2.29. The molecule has 0 bridgehead atoms. The van der Waals surface area contributed by atoms with Crippen LogP contribution in [0, 0.1) is 0 Å². The van der Waals surface area contributed by atoms with Crippen LogP contribution >= 0.6 is 0 Å². The first-order chi connectivity index (χ1) is 13.3. The fourth-order valence-corrected chi connectivity index (χ4v) is 4.41. The smallest absolute Gasteiger partial charge is 0.272 e. The van der Waals surface area contributed by atoms with E-state index in [1.807, 2.05) is 11.0 Å². The summed E-state index contributed by atoms with van der Waals surface area (Å²) in [6, 6.07) is 13.0. The van der Waals surface area contributed by atoms with Gasteiger partial charge >= 0.3 is 0 Å². The number of aromatic nitrogens is 3. The molecule has 6 heteroatoms. The number of hydrogen-bond donors (Lipinski definition) is 1. The van der Waals surface area contributed by atoms with Gasteiger partial charge < -0.3 is 4.90 Å². The van der Waals surface area contributed by atoms with Crippen molar-refractivity contribution in [2.24, 2.45) is 0 Å². The number of benzene rings is 1. The maximum atomic E-state index is 12.9. The molecule has 1 saturated heterocycles. The number of nitrogens with one attached hydrogen (secondary N) is 1. The van der Waals surface area contributed by atoms with Crippen molar-refractivity contribution in [3.05, 3.63) is 59.4 Å². The Balaban J connectivity index is 1.26. The Hall–Kier alpha value is -2.73. The molecular weight excluding hydrogens is 338 g/mol. The Morgan fingerprint density at radius 3 is 2.63 bits per heavy atom. The lowest BCUT2D eigenvalue weighted by molar-refractivity contribution is 0.0753. The van der Waals surface area contributed by atoms with Gasteiger partial charge in [0.1, 0.15) is 5.69 Å². The predicted octanol–water partition coefficient (Wildman–Crippen LogP) is 2.27. The van der Waals surface area contributed by atoms with E-state index in [1.165, 1.54) is 11.1 Å². The fraction of sp³-hybridized carbons (Fsp3) is 0.381. The lowest BCUT2D eigenvalue weighted by atomic mass is 10.1. The first-order valence-electron chi connectivity index (χ1n) is 9.68. The summed E-state index contributed by atoms with van der Waals surface area (Å²) in [7, 11) is 0. The lowest BCUT2D eigenvalue weighted by Gasteiger charge is -2.27. The van der Waals surface area contributed by atoms with Crippen LogP contribution in [0.1, 0.15) is 28.0 Å². The molecule has 3 heterocycles. The summed E-state index contributed by atoms with van der Waals surface area (Å²) in [5.74, 6) is 0.0167. The number of H-pyrrole nitrogens is 1. The second kappa shape index (κ2) is 6.78. The van der Waals surface area contributed by atoms with Crippen LogP contribution in [0.5, 0.6) is 0 Å². The van der Waals surface area contributed by atoms with Crippen LogP contribution in [0.25, 0.3) is 11.0 Å². The molecule has 138 valence electrons. The third-order valence-corrected chi connectivity index (χ3v) is 5.88. The van der Waals surface area contributed by atoms with Gasteiger partial charge in [-0.2, -0.15) is 5.10 Å². The zero-order chi connectivity index (χ0) is 18.2. The van der Waals surface area contributed by atoms with E-state index in [-0.39, 0.29) is 5.91 Å². The van der Waals surface area contributed by atoms with E-state index in [9.17, 15) is 4.79 Å². The third-order valence-electron chi connectivity index (χ3n) is 5.88. The topological polar surface area (TPSA) is 65.1 Å². The van der Waals surface area contributed by atoms with Gasteiger partial charge in [-0.05, 0) is 42.5 Å². The standard InChI is InChI=1S/C21H23N5O/c27-21(19-7-6-17-14-22-24-20(17)23-19)26-9-3-8-25(10-11-26)18-12-15-4-1-2-5-16(15)13-18/h1-2,4-7,14,18H,3,8-13H2,(H,22,23,24). The zero-order valence-corrected chi connectivity index (χ0v) is 15.3. The molecule has 0 radical (unpaired) electrons. The van der Waals surface area contributed by atoms with E-state index in [2.05, 4.69) is 44.3 Å². The fourth-order valence-electron chi connectivity index (χ4n) is 4.41. The van der Waals surface area contributed by atoms with E-state index >= 15 is 0 Å². The summed E-state index contributed by atoms with van der Waals surface area (Å²) in [5.41, 5.74) is 4.13. The number of carbonyl (C=O) groups excluding carboxylic acids is 1. The summed E-state index contributed by atoms with van der Waals surface area (Å²) >= 11 is 0. The summed E-state index contributed by atoms with van der Waals surface area (Å²) in [5, 5.41) is 7.75. The van der Waals surface area contributed by atoms with Crippen LogP contribution in [-0.4, -0.2) is 63.1 Å². The van der Waals surface area contributed by atoms with E-state index in [0.29, 0.717) is 17.4 Å². The van der Waals surface area contributed by atoms with Crippen molar-refractivity contribution in [3.63, 3.8) is 0 Å². The number of pyridine rings is 1. The summed E-state index contributed by atoms with van der Waals surface area (Å²) in [6.07, 6.45) is 4.98. The molecule has 0 unspecified atom stereocenters. The number of fused-ring (bicyclic) bond motifs is 2. The van der Waals surface area contributed by atoms with Crippen LogP contribution in [0.3, 0.4) is 0 Å². The Morgan fingerprint density at radius 2 is 1.81 bits per heavy atom. The number of aromatic amines is 1. The molecule has 1 fully saturated rings. The number of rotatable bonds is 2. The van der Waals surface area contributed by atoms with E-state index in [1.54, 1.807) is 12.3 Å². The van der Waals surface area contributed by atoms with Gasteiger partial charge in [0.15, 0.2) is 5.65 Å². The monoisotopic (exact) mass is 361 g/mol. The van der Waals surface area contributed by atoms with Crippen LogP contribution in [0.15, 0.2) is 42.6 Å². The van der Waals surface area contributed by atoms with Crippen LogP contribution in [0.4, 0.5) is 0 Å². The molecule has 0 saturated carbocycles. The molecule has 1 aromatic carbocycles. The minimum Gasteiger partial charge on any atom is -0.336 e. The molecule has 0 spiro atoms. The number of carbonyl (C=O) groups is 1. The number of hydrogen-bond acceptors (Lipinski definition) is 4. The van der Waals surface area contributed by atoms with Crippen LogP contribution < -0.4 is 0 Å². The van der Waals surface area contributed by atoms with Crippen molar-refractivity contribution < 1.29 is 4.79 Å². The molecule has 1 aliphatic heterocycles. The molecule has 27 heavy (non-hydrogen) atoms. The number of nitrogens with zero attached hydrogens (tertiary/aromatic N) is 4. The van der Waals surface area contributed by atoms with E-state index < -0.39 is 0 Å². The van der Waals surface area contributed by atoms with Gasteiger partial charge in [0, 0.05) is 37.6 Å². The summed E-state index contributed by atoms with van der Waals surface area (Å²) in [4.78, 5) is 21.9. The maximum Gasteiger partial charge on any atom is 0.272 e. The normalized spacial score (nSPS) is 18.6. The van der Waals surface area contributed by atoms with Gasteiger partial charge in [0.05, 0.1) is 6.20 Å². The highest BCUT2D eigenvalue weighted by Crippen LogP contribution is 2.26. The molecule has 6 nitrogen and oxygen atoms in total. The first-order valence-corrected chi connectivity index (χ1v) is 9.68. The molecule has 1 N–H and O–H groups in total. The molecular formula is C21H23N5O. The van der Waals surface area contributed by atoms with Gasteiger partial charge in [-0.3, -0.25) is 14.8 Å². The maximum absolute atomic E-state index is 12.9. The second-order valence-corrected chi connectivity index (χ2v) is 7.52. The third kappa shape index (κ3) is 3.10. The Kier molecular flexibility index (Phi) is 4.13. The van der Waals surface area contributed by atoms with Gasteiger partial charge in [0.2, 0.25) is 0 Å². The van der Waals surface area contributed by atoms with Crippen molar-refractivity contribution >= 4 is 16.9 Å². The SMILES string of the molecule is O=C(c1ccc2cn[nH]c2n1)N1CCCN(C2Cc3ccccc3C2)CC1. The van der Waals surface area contributed by atoms with Gasteiger partial charge in [-0.15, -0.1) is 0 Å². The molecule has 3 aromatic rings. The Morgan fingerprint density at radius 1 is 1.00 bits per heavy atom. The minimum absolute atomic E-state index is 0.0167. The summed E-state index contributed by atoms with van der Waals surface area (Å²) < 4.78 is 0. The van der Waals surface area contributed by atoms with E-state index in [4.69, 9.17) is 0 Å². The van der Waals surface area contributed by atoms with Gasteiger partial charge in [-0.1, -0.05) is 24.3 Å². The van der Waals surface area contributed by atoms with Crippen molar-refractivity contribution in [2.75, 3.05) is 26.2 Å². The van der Waals surface area contributed by atoms with E-state index in [0.717, 1.165) is 50.8 Å². The molecule has 1 amide bonds. The van der Waals surface area contributed by atoms with Crippen molar-refractivity contribution in [2.45, 2.75) is 25.3 Å². The van der Waals surface area contributed by atoms with Crippen LogP contribution in [-0.2, 0) is 12.8 Å². The highest BCUT2D eigenvalue weighted by molar-refractivity contribution is 5.94. The first kappa shape index (κ1) is 16.4. The molecule has 1 aliphatic carbocycles. The minimum atomic E-state index is 0.0167. The predicted molar refractivity (Wildman–Crippen MR) is 104 cm³/mol. The molecule has 0 atom stereocenters. The second-order valence-electron chi connectivity index (χ2n) is 7.52. The van der Waals surface area contributed by atoms with Gasteiger partial charge in [0.25, 0.3) is 5.91 Å². The highest BCUT2D eigenvalue weighted by atomic mass is 16.2. The van der Waals surface area contributed by atoms with Crippen LogP contribution in [0.2, 0.25) is 0 Å². The largest absolute Gasteiger partial charge is 0.336 e. The lowest BCUT2D eigenvalue weighted by Crippen LogP contribution is -2.40. The molecule has 2 aromatic heterocycles. The molecule has 5 rings (SSSR count).